The van der Waals surface area contributed by atoms with Crippen LogP contribution >= 0.6 is 0 Å². The highest BCUT2D eigenvalue weighted by atomic mass is 16.5. The molecule has 0 unspecified atom stereocenters. The highest BCUT2D eigenvalue weighted by Crippen LogP contribution is 2.18. The first-order valence-electron chi connectivity index (χ1n) is 8.38. The number of nitrogens with zero attached hydrogens (tertiary/aromatic N) is 4. The lowest BCUT2D eigenvalue weighted by molar-refractivity contribution is -0.134. The molecule has 3 rings (SSSR count). The summed E-state index contributed by atoms with van der Waals surface area (Å²) >= 11 is 0. The van der Waals surface area contributed by atoms with Crippen molar-refractivity contribution in [3.05, 3.63) is 30.4 Å². The molecule has 0 aromatic carbocycles. The summed E-state index contributed by atoms with van der Waals surface area (Å²) in [6.45, 7) is 3.84. The topological polar surface area (TPSA) is 81.4 Å². The fourth-order valence-electron chi connectivity index (χ4n) is 2.76. The molecule has 2 aromatic rings. The highest BCUT2D eigenvalue weighted by molar-refractivity contribution is 5.76. The van der Waals surface area contributed by atoms with E-state index >= 15 is 0 Å². The molecule has 0 radical (unpaired) electrons. The minimum atomic E-state index is 0.131. The third kappa shape index (κ3) is 4.17. The van der Waals surface area contributed by atoms with Crippen LogP contribution < -0.4 is 0 Å². The van der Waals surface area contributed by atoms with E-state index in [4.69, 9.17) is 9.26 Å². The van der Waals surface area contributed by atoms with E-state index in [1.807, 2.05) is 24.0 Å². The molecule has 3 heterocycles. The summed E-state index contributed by atoms with van der Waals surface area (Å²) < 4.78 is 11.1. The van der Waals surface area contributed by atoms with Gasteiger partial charge in [0.2, 0.25) is 11.7 Å². The number of ether oxygens (including phenoxy) is 1. The van der Waals surface area contributed by atoms with Gasteiger partial charge in [0.1, 0.15) is 6.61 Å². The van der Waals surface area contributed by atoms with E-state index in [-0.39, 0.29) is 12.0 Å². The van der Waals surface area contributed by atoms with Crippen molar-refractivity contribution < 1.29 is 14.1 Å². The maximum atomic E-state index is 11.9. The SMILES string of the molecule is CCCC(=O)N1CCC(OCc2nc(-c3ccncc3)no2)CC1. The maximum Gasteiger partial charge on any atom is 0.252 e. The van der Waals surface area contributed by atoms with Crippen LogP contribution in [0.1, 0.15) is 38.5 Å². The van der Waals surface area contributed by atoms with E-state index in [9.17, 15) is 4.79 Å². The number of rotatable bonds is 6. The van der Waals surface area contributed by atoms with Gasteiger partial charge >= 0.3 is 0 Å². The number of likely N-dealkylation sites (tertiary alicyclic amines) is 1. The Labute approximate surface area is 141 Å². The predicted octanol–water partition coefficient (Wildman–Crippen LogP) is 2.44. The van der Waals surface area contributed by atoms with Crippen molar-refractivity contribution in [3.8, 4) is 11.4 Å². The molecule has 1 saturated heterocycles. The fourth-order valence-corrected chi connectivity index (χ4v) is 2.76. The second-order valence-corrected chi connectivity index (χ2v) is 5.89. The molecule has 1 aliphatic heterocycles. The molecule has 2 aromatic heterocycles. The first-order chi connectivity index (χ1) is 11.8. The Kier molecular flexibility index (Phi) is 5.53. The minimum Gasteiger partial charge on any atom is -0.368 e. The smallest absolute Gasteiger partial charge is 0.252 e. The zero-order chi connectivity index (χ0) is 16.8. The second kappa shape index (κ2) is 8.01. The van der Waals surface area contributed by atoms with Crippen molar-refractivity contribution in [1.29, 1.82) is 0 Å². The molecule has 0 bridgehead atoms. The average molecular weight is 330 g/mol. The van der Waals surface area contributed by atoms with Gasteiger partial charge in [0.15, 0.2) is 0 Å². The standard InChI is InChI=1S/C17H22N4O3/c1-2-3-16(22)21-10-6-14(7-11-21)23-12-15-19-17(20-24-15)13-4-8-18-9-5-13/h4-5,8-9,14H,2-3,6-7,10-12H2,1H3. The van der Waals surface area contributed by atoms with Crippen LogP contribution in [0.2, 0.25) is 0 Å². The van der Waals surface area contributed by atoms with Gasteiger partial charge in [0, 0.05) is 37.5 Å². The summed E-state index contributed by atoms with van der Waals surface area (Å²) in [4.78, 5) is 22.1. The molecule has 7 nitrogen and oxygen atoms in total. The van der Waals surface area contributed by atoms with Crippen molar-refractivity contribution >= 4 is 5.91 Å². The van der Waals surface area contributed by atoms with Gasteiger partial charge in [-0.25, -0.2) is 0 Å². The molecule has 24 heavy (non-hydrogen) atoms. The van der Waals surface area contributed by atoms with Crippen LogP contribution in [0.25, 0.3) is 11.4 Å². The number of hydrogen-bond donors (Lipinski definition) is 0. The van der Waals surface area contributed by atoms with E-state index in [0.29, 0.717) is 24.7 Å². The Hall–Kier alpha value is -2.28. The van der Waals surface area contributed by atoms with Crippen LogP contribution in [-0.2, 0) is 16.1 Å². The van der Waals surface area contributed by atoms with Crippen LogP contribution in [-0.4, -0.2) is 45.1 Å². The van der Waals surface area contributed by atoms with Crippen molar-refractivity contribution in [3.63, 3.8) is 0 Å². The molecule has 0 aliphatic carbocycles. The van der Waals surface area contributed by atoms with Gasteiger partial charge in [0.25, 0.3) is 5.89 Å². The number of carbonyl (C=O) groups is 1. The molecular formula is C17H22N4O3. The monoisotopic (exact) mass is 330 g/mol. The Morgan fingerprint density at radius 2 is 2.08 bits per heavy atom. The van der Waals surface area contributed by atoms with Gasteiger partial charge < -0.3 is 14.2 Å². The van der Waals surface area contributed by atoms with Crippen LogP contribution in [0.15, 0.2) is 29.0 Å². The van der Waals surface area contributed by atoms with Gasteiger partial charge in [-0.3, -0.25) is 9.78 Å². The summed E-state index contributed by atoms with van der Waals surface area (Å²) in [5, 5.41) is 3.96. The van der Waals surface area contributed by atoms with Gasteiger partial charge in [-0.05, 0) is 31.4 Å². The van der Waals surface area contributed by atoms with Gasteiger partial charge in [-0.1, -0.05) is 12.1 Å². The summed E-state index contributed by atoms with van der Waals surface area (Å²) in [6.07, 6.45) is 6.73. The van der Waals surface area contributed by atoms with E-state index in [1.54, 1.807) is 12.4 Å². The quantitative estimate of drug-likeness (QED) is 0.809. The Morgan fingerprint density at radius 1 is 1.33 bits per heavy atom. The number of amides is 1. The van der Waals surface area contributed by atoms with Crippen molar-refractivity contribution in [2.45, 2.75) is 45.3 Å². The summed E-state index contributed by atoms with van der Waals surface area (Å²) in [7, 11) is 0. The predicted molar refractivity (Wildman–Crippen MR) is 86.8 cm³/mol. The molecule has 1 fully saturated rings. The molecule has 0 saturated carbocycles. The lowest BCUT2D eigenvalue weighted by Crippen LogP contribution is -2.40. The third-order valence-electron chi connectivity index (χ3n) is 4.11. The molecule has 1 amide bonds. The lowest BCUT2D eigenvalue weighted by Gasteiger charge is -2.31. The number of pyridine rings is 1. The van der Waals surface area contributed by atoms with E-state index in [2.05, 4.69) is 15.1 Å². The average Bonchev–Trinajstić information content (AvgIpc) is 3.10. The largest absolute Gasteiger partial charge is 0.368 e. The van der Waals surface area contributed by atoms with E-state index in [0.717, 1.165) is 37.9 Å². The fraction of sp³-hybridized carbons (Fsp3) is 0.529. The van der Waals surface area contributed by atoms with Gasteiger partial charge in [0.05, 0.1) is 6.10 Å². The van der Waals surface area contributed by atoms with Gasteiger partial charge in [-0.15, -0.1) is 0 Å². The Morgan fingerprint density at radius 3 is 2.79 bits per heavy atom. The molecule has 0 spiro atoms. The van der Waals surface area contributed by atoms with Crippen molar-refractivity contribution in [2.75, 3.05) is 13.1 Å². The zero-order valence-corrected chi connectivity index (χ0v) is 13.9. The first kappa shape index (κ1) is 16.6. The molecule has 1 aliphatic rings. The summed E-state index contributed by atoms with van der Waals surface area (Å²) in [5.41, 5.74) is 0.864. The molecule has 0 atom stereocenters. The number of hydrogen-bond acceptors (Lipinski definition) is 6. The normalized spacial score (nSPS) is 15.6. The molecule has 0 N–H and O–H groups in total. The van der Waals surface area contributed by atoms with Gasteiger partial charge in [-0.2, -0.15) is 4.98 Å². The van der Waals surface area contributed by atoms with Crippen LogP contribution in [0, 0.1) is 0 Å². The summed E-state index contributed by atoms with van der Waals surface area (Å²) in [5.74, 6) is 1.25. The molecule has 7 heteroatoms. The zero-order valence-electron chi connectivity index (χ0n) is 13.9. The van der Waals surface area contributed by atoms with Crippen LogP contribution in [0.5, 0.6) is 0 Å². The lowest BCUT2D eigenvalue weighted by atomic mass is 10.1. The minimum absolute atomic E-state index is 0.131. The van der Waals surface area contributed by atoms with E-state index < -0.39 is 0 Å². The molecule has 128 valence electrons. The van der Waals surface area contributed by atoms with Crippen LogP contribution in [0.3, 0.4) is 0 Å². The second-order valence-electron chi connectivity index (χ2n) is 5.89. The maximum absolute atomic E-state index is 11.9. The Bertz CT molecular complexity index is 651. The van der Waals surface area contributed by atoms with Crippen molar-refractivity contribution in [2.24, 2.45) is 0 Å². The van der Waals surface area contributed by atoms with Crippen LogP contribution in [0.4, 0.5) is 0 Å². The third-order valence-corrected chi connectivity index (χ3v) is 4.11. The number of piperidine rings is 1. The Balaban J connectivity index is 1.46. The first-order valence-corrected chi connectivity index (χ1v) is 8.38. The van der Waals surface area contributed by atoms with E-state index in [1.165, 1.54) is 0 Å². The molecular weight excluding hydrogens is 308 g/mol. The number of aromatic nitrogens is 3. The van der Waals surface area contributed by atoms with Crippen molar-refractivity contribution in [1.82, 2.24) is 20.0 Å². The number of carbonyl (C=O) groups excluding carboxylic acids is 1. The highest BCUT2D eigenvalue weighted by Gasteiger charge is 2.23. The summed E-state index contributed by atoms with van der Waals surface area (Å²) in [6, 6.07) is 3.66.